The van der Waals surface area contributed by atoms with Crippen LogP contribution < -0.4 is 16.0 Å². The van der Waals surface area contributed by atoms with Crippen LogP contribution in [0.25, 0.3) is 0 Å². The van der Waals surface area contributed by atoms with Crippen molar-refractivity contribution < 1.29 is 13.5 Å². The summed E-state index contributed by atoms with van der Waals surface area (Å²) in [6.07, 6.45) is 1.86. The minimum absolute atomic E-state index is 0.0541. The number of nitrogens with zero attached hydrogens (tertiary/aromatic N) is 2. The summed E-state index contributed by atoms with van der Waals surface area (Å²) in [6.45, 7) is 8.98. The summed E-state index contributed by atoms with van der Waals surface area (Å²) in [4.78, 5) is 4.43. The zero-order valence-electron chi connectivity index (χ0n) is 15.9. The SMILES string of the molecule is C=C(Nc1c(C=N)nc(Nc2ccc(F)cc2F)n1[C@@H]1CCOC1)NC(C)C. The van der Waals surface area contributed by atoms with Crippen LogP contribution in [0.2, 0.25) is 0 Å². The number of anilines is 3. The molecule has 1 saturated heterocycles. The summed E-state index contributed by atoms with van der Waals surface area (Å²) in [5, 5.41) is 17.0. The van der Waals surface area contributed by atoms with Crippen molar-refractivity contribution in [1.82, 2.24) is 14.9 Å². The molecule has 3 rings (SSSR count). The van der Waals surface area contributed by atoms with Crippen molar-refractivity contribution in [2.45, 2.75) is 32.4 Å². The van der Waals surface area contributed by atoms with Crippen LogP contribution >= 0.6 is 0 Å². The molecule has 0 unspecified atom stereocenters. The van der Waals surface area contributed by atoms with Gasteiger partial charge in [-0.3, -0.25) is 4.57 Å². The summed E-state index contributed by atoms with van der Waals surface area (Å²) in [5.74, 6) is 0.0499. The van der Waals surface area contributed by atoms with Crippen molar-refractivity contribution in [2.75, 3.05) is 23.8 Å². The Kier molecular flexibility index (Phi) is 5.93. The summed E-state index contributed by atoms with van der Waals surface area (Å²) in [5.41, 5.74) is 0.456. The quantitative estimate of drug-likeness (QED) is 0.516. The second-order valence-electron chi connectivity index (χ2n) is 6.85. The number of aromatic nitrogens is 2. The highest BCUT2D eigenvalue weighted by atomic mass is 19.1. The van der Waals surface area contributed by atoms with E-state index in [-0.39, 0.29) is 17.8 Å². The Morgan fingerprint density at radius 1 is 1.43 bits per heavy atom. The Balaban J connectivity index is 2.01. The third-order valence-corrected chi connectivity index (χ3v) is 4.26. The average molecular weight is 390 g/mol. The topological polar surface area (TPSA) is 87.0 Å². The van der Waals surface area contributed by atoms with E-state index in [2.05, 4.69) is 27.5 Å². The molecule has 0 spiro atoms. The molecular weight excluding hydrogens is 366 g/mol. The van der Waals surface area contributed by atoms with Crippen LogP contribution in [0.5, 0.6) is 0 Å². The van der Waals surface area contributed by atoms with Crippen LogP contribution in [0, 0.1) is 17.0 Å². The fourth-order valence-corrected chi connectivity index (χ4v) is 3.08. The fourth-order valence-electron chi connectivity index (χ4n) is 3.08. The van der Waals surface area contributed by atoms with E-state index >= 15 is 0 Å². The van der Waals surface area contributed by atoms with Crippen molar-refractivity contribution in [3.63, 3.8) is 0 Å². The number of imidazole rings is 1. The van der Waals surface area contributed by atoms with E-state index < -0.39 is 11.6 Å². The van der Waals surface area contributed by atoms with Gasteiger partial charge in [-0.15, -0.1) is 0 Å². The van der Waals surface area contributed by atoms with E-state index in [1.54, 1.807) is 0 Å². The van der Waals surface area contributed by atoms with Gasteiger partial charge in [-0.1, -0.05) is 6.58 Å². The molecule has 9 heteroatoms. The molecule has 1 aromatic carbocycles. The number of hydrogen-bond acceptors (Lipinski definition) is 6. The largest absolute Gasteiger partial charge is 0.379 e. The van der Waals surface area contributed by atoms with Crippen LogP contribution in [0.3, 0.4) is 0 Å². The van der Waals surface area contributed by atoms with Gasteiger partial charge in [-0.25, -0.2) is 13.8 Å². The molecule has 0 bridgehead atoms. The predicted octanol–water partition coefficient (Wildman–Crippen LogP) is 3.75. The second-order valence-corrected chi connectivity index (χ2v) is 6.85. The summed E-state index contributed by atoms with van der Waals surface area (Å²) in [7, 11) is 0. The minimum atomic E-state index is -0.728. The first-order chi connectivity index (χ1) is 13.4. The van der Waals surface area contributed by atoms with Crippen LogP contribution in [-0.4, -0.2) is 35.0 Å². The Morgan fingerprint density at radius 3 is 2.82 bits per heavy atom. The average Bonchev–Trinajstić information content (AvgIpc) is 3.24. The van der Waals surface area contributed by atoms with Crippen LogP contribution in [0.4, 0.5) is 26.2 Å². The van der Waals surface area contributed by atoms with Gasteiger partial charge in [0.05, 0.1) is 24.2 Å². The molecule has 1 aliphatic heterocycles. The summed E-state index contributed by atoms with van der Waals surface area (Å²) >= 11 is 0. The lowest BCUT2D eigenvalue weighted by Gasteiger charge is -2.21. The van der Waals surface area contributed by atoms with Gasteiger partial charge in [-0.2, -0.15) is 0 Å². The van der Waals surface area contributed by atoms with Gasteiger partial charge in [0.25, 0.3) is 0 Å². The van der Waals surface area contributed by atoms with Crippen LogP contribution in [0.15, 0.2) is 30.6 Å². The van der Waals surface area contributed by atoms with E-state index in [0.29, 0.717) is 36.5 Å². The highest BCUT2D eigenvalue weighted by Gasteiger charge is 2.27. The lowest BCUT2D eigenvalue weighted by molar-refractivity contribution is 0.187. The molecule has 1 aliphatic rings. The Hall–Kier alpha value is -2.94. The first-order valence-electron chi connectivity index (χ1n) is 9.04. The lowest BCUT2D eigenvalue weighted by Crippen LogP contribution is -2.27. The molecule has 2 heterocycles. The van der Waals surface area contributed by atoms with Gasteiger partial charge in [0.1, 0.15) is 23.1 Å². The molecule has 2 aromatic rings. The molecule has 1 atom stereocenters. The standard InChI is InChI=1S/C19H24F2N6O/c1-11(2)23-12(3)24-18-17(9-22)26-19(27(18)14-6-7-28-10-14)25-16-5-4-13(20)8-15(16)21/h4-5,8-9,11,14,22-24H,3,6-7,10H2,1-2H3,(H,25,26)/t14-/m1/s1. The number of ether oxygens (including phenoxy) is 1. The van der Waals surface area contributed by atoms with E-state index in [0.717, 1.165) is 18.7 Å². The molecule has 28 heavy (non-hydrogen) atoms. The number of nitrogens with one attached hydrogen (secondary N) is 4. The van der Waals surface area contributed by atoms with Crippen molar-refractivity contribution in [1.29, 1.82) is 5.41 Å². The molecule has 0 aliphatic carbocycles. The summed E-state index contributed by atoms with van der Waals surface area (Å²) < 4.78 is 34.7. The smallest absolute Gasteiger partial charge is 0.210 e. The third-order valence-electron chi connectivity index (χ3n) is 4.26. The summed E-state index contributed by atoms with van der Waals surface area (Å²) in [6, 6.07) is 3.40. The van der Waals surface area contributed by atoms with Gasteiger partial charge in [0, 0.05) is 24.9 Å². The Morgan fingerprint density at radius 2 is 2.21 bits per heavy atom. The maximum Gasteiger partial charge on any atom is 0.210 e. The minimum Gasteiger partial charge on any atom is -0.379 e. The van der Waals surface area contributed by atoms with Crippen molar-refractivity contribution >= 4 is 23.7 Å². The predicted molar refractivity (Wildman–Crippen MR) is 105 cm³/mol. The van der Waals surface area contributed by atoms with Crippen LogP contribution in [0.1, 0.15) is 32.0 Å². The van der Waals surface area contributed by atoms with Crippen molar-refractivity contribution in [3.05, 3.63) is 47.9 Å². The van der Waals surface area contributed by atoms with Gasteiger partial charge in [-0.05, 0) is 32.4 Å². The van der Waals surface area contributed by atoms with Gasteiger partial charge in [0.15, 0.2) is 0 Å². The number of rotatable bonds is 8. The normalized spacial score (nSPS) is 16.2. The van der Waals surface area contributed by atoms with Crippen molar-refractivity contribution in [3.8, 4) is 0 Å². The maximum absolute atomic E-state index is 14.1. The van der Waals surface area contributed by atoms with Gasteiger partial charge < -0.3 is 26.1 Å². The zero-order chi connectivity index (χ0) is 20.3. The molecule has 0 amide bonds. The van der Waals surface area contributed by atoms with Crippen LogP contribution in [-0.2, 0) is 4.74 Å². The first-order valence-corrected chi connectivity index (χ1v) is 9.04. The van der Waals surface area contributed by atoms with Gasteiger partial charge in [0.2, 0.25) is 5.95 Å². The molecular formula is C19H24F2N6O. The molecule has 0 radical (unpaired) electrons. The van der Waals surface area contributed by atoms with E-state index in [9.17, 15) is 8.78 Å². The number of benzene rings is 1. The Bertz CT molecular complexity index is 874. The number of halogens is 2. The van der Waals surface area contributed by atoms with E-state index in [4.69, 9.17) is 10.1 Å². The number of hydrogen-bond donors (Lipinski definition) is 4. The van der Waals surface area contributed by atoms with Gasteiger partial charge >= 0.3 is 0 Å². The fraction of sp³-hybridized carbons (Fsp3) is 0.368. The highest BCUT2D eigenvalue weighted by Crippen LogP contribution is 2.33. The Labute approximate surface area is 162 Å². The first kappa shape index (κ1) is 19.8. The van der Waals surface area contributed by atoms with E-state index in [1.165, 1.54) is 12.1 Å². The van der Waals surface area contributed by atoms with E-state index in [1.807, 2.05) is 18.4 Å². The molecule has 1 aromatic heterocycles. The van der Waals surface area contributed by atoms with Crippen molar-refractivity contribution in [2.24, 2.45) is 0 Å². The molecule has 150 valence electrons. The monoisotopic (exact) mass is 390 g/mol. The highest BCUT2D eigenvalue weighted by molar-refractivity contribution is 5.84. The molecule has 7 nitrogen and oxygen atoms in total. The third kappa shape index (κ3) is 4.30. The molecule has 0 saturated carbocycles. The molecule has 1 fully saturated rings. The second kappa shape index (κ2) is 8.39. The zero-order valence-corrected chi connectivity index (χ0v) is 15.9. The lowest BCUT2D eigenvalue weighted by atomic mass is 10.2. The maximum atomic E-state index is 14.1. The molecule has 4 N–H and O–H groups in total.